The number of hydrogen-bond donors (Lipinski definition) is 1. The molecule has 0 aromatic carbocycles. The van der Waals surface area contributed by atoms with Crippen molar-refractivity contribution in [1.82, 2.24) is 19.5 Å². The van der Waals surface area contributed by atoms with Crippen LogP contribution in [0.15, 0.2) is 29.2 Å². The predicted molar refractivity (Wildman–Crippen MR) is 69.7 cm³/mol. The molecule has 1 fully saturated rings. The van der Waals surface area contributed by atoms with E-state index in [1.807, 2.05) is 18.2 Å². The molecule has 1 saturated carbocycles. The average Bonchev–Trinajstić information content (AvgIpc) is 3.16. The number of pyridine rings is 1. The van der Waals surface area contributed by atoms with Gasteiger partial charge < -0.3 is 5.32 Å². The summed E-state index contributed by atoms with van der Waals surface area (Å²) in [6, 6.07) is 6.36. The Hall–Kier alpha value is -1.62. The first-order valence-corrected chi connectivity index (χ1v) is 6.62. The van der Waals surface area contributed by atoms with E-state index >= 15 is 0 Å². The lowest BCUT2D eigenvalue weighted by Crippen LogP contribution is -2.22. The van der Waals surface area contributed by atoms with Crippen LogP contribution in [0.3, 0.4) is 0 Å². The summed E-state index contributed by atoms with van der Waals surface area (Å²) in [6.07, 6.45) is 6.49. The van der Waals surface area contributed by atoms with Crippen molar-refractivity contribution in [3.05, 3.63) is 34.9 Å². The molecular formula is C13H18N4O. The van der Waals surface area contributed by atoms with Gasteiger partial charge in [0.05, 0.1) is 0 Å². The predicted octanol–water partition coefficient (Wildman–Crippen LogP) is 1.03. The van der Waals surface area contributed by atoms with Crippen molar-refractivity contribution in [1.29, 1.82) is 0 Å². The molecule has 1 aliphatic carbocycles. The highest BCUT2D eigenvalue weighted by Crippen LogP contribution is 2.18. The molecule has 2 heterocycles. The van der Waals surface area contributed by atoms with Crippen molar-refractivity contribution >= 4 is 5.65 Å². The van der Waals surface area contributed by atoms with Crippen LogP contribution in [0, 0.1) is 0 Å². The maximum Gasteiger partial charge on any atom is 0.350 e. The van der Waals surface area contributed by atoms with E-state index in [0.29, 0.717) is 6.54 Å². The number of nitrogens with zero attached hydrogens (tertiary/aromatic N) is 3. The molecule has 2 aromatic heterocycles. The molecule has 1 N–H and O–H groups in total. The van der Waals surface area contributed by atoms with Crippen LogP contribution in [0.1, 0.15) is 25.7 Å². The molecule has 0 bridgehead atoms. The van der Waals surface area contributed by atoms with E-state index in [-0.39, 0.29) is 5.69 Å². The molecule has 18 heavy (non-hydrogen) atoms. The van der Waals surface area contributed by atoms with Gasteiger partial charge in [-0.15, -0.1) is 5.10 Å². The van der Waals surface area contributed by atoms with Crippen LogP contribution in [0.25, 0.3) is 5.65 Å². The van der Waals surface area contributed by atoms with Gasteiger partial charge in [0.25, 0.3) is 0 Å². The van der Waals surface area contributed by atoms with Crippen molar-refractivity contribution < 1.29 is 0 Å². The van der Waals surface area contributed by atoms with Gasteiger partial charge in [0.2, 0.25) is 0 Å². The van der Waals surface area contributed by atoms with Gasteiger partial charge in [-0.05, 0) is 44.4 Å². The maximum atomic E-state index is 12.0. The first-order valence-electron chi connectivity index (χ1n) is 6.62. The monoisotopic (exact) mass is 246 g/mol. The third-order valence-electron chi connectivity index (χ3n) is 3.30. The minimum atomic E-state index is -0.0410. The van der Waals surface area contributed by atoms with E-state index in [9.17, 15) is 4.79 Å². The van der Waals surface area contributed by atoms with Crippen LogP contribution in [-0.2, 0) is 6.54 Å². The summed E-state index contributed by atoms with van der Waals surface area (Å²) in [6.45, 7) is 1.75. The van der Waals surface area contributed by atoms with Crippen LogP contribution < -0.4 is 11.0 Å². The highest BCUT2D eigenvalue weighted by atomic mass is 16.2. The normalized spacial score (nSPS) is 15.3. The standard InChI is InChI=1S/C13H18N4O/c18-13-16-9-3-1-5-12(16)15-17(13)10-4-2-8-14-11-6-7-11/h1,3,5,9,11,14H,2,4,6-8,10H2. The zero-order chi connectivity index (χ0) is 12.4. The molecular weight excluding hydrogens is 228 g/mol. The van der Waals surface area contributed by atoms with Crippen molar-refractivity contribution in [3.63, 3.8) is 0 Å². The summed E-state index contributed by atoms with van der Waals surface area (Å²) in [5, 5.41) is 7.78. The zero-order valence-electron chi connectivity index (χ0n) is 10.4. The van der Waals surface area contributed by atoms with Crippen molar-refractivity contribution in [2.75, 3.05) is 6.54 Å². The maximum absolute atomic E-state index is 12.0. The lowest BCUT2D eigenvalue weighted by molar-refractivity contribution is 0.523. The highest BCUT2D eigenvalue weighted by Gasteiger charge is 2.19. The molecule has 0 saturated heterocycles. The van der Waals surface area contributed by atoms with E-state index in [1.165, 1.54) is 12.8 Å². The summed E-state index contributed by atoms with van der Waals surface area (Å²) in [4.78, 5) is 12.0. The fourth-order valence-electron chi connectivity index (χ4n) is 2.09. The lowest BCUT2D eigenvalue weighted by atomic mass is 10.3. The largest absolute Gasteiger partial charge is 0.350 e. The Labute approximate surface area is 105 Å². The van der Waals surface area contributed by atoms with Gasteiger partial charge in [-0.1, -0.05) is 6.07 Å². The van der Waals surface area contributed by atoms with Gasteiger partial charge in [0.15, 0.2) is 5.65 Å². The molecule has 96 valence electrons. The number of aromatic nitrogens is 3. The topological polar surface area (TPSA) is 51.3 Å². The zero-order valence-corrected chi connectivity index (χ0v) is 10.4. The number of nitrogens with one attached hydrogen (secondary N) is 1. The molecule has 1 aliphatic rings. The molecule has 0 radical (unpaired) electrons. The quantitative estimate of drug-likeness (QED) is 0.774. The summed E-state index contributed by atoms with van der Waals surface area (Å²) >= 11 is 0. The van der Waals surface area contributed by atoms with Gasteiger partial charge in [-0.25, -0.2) is 9.48 Å². The fraction of sp³-hybridized carbons (Fsp3) is 0.538. The Morgan fingerprint density at radius 3 is 3.00 bits per heavy atom. The molecule has 2 aromatic rings. The Bertz CT molecular complexity index is 582. The average molecular weight is 246 g/mol. The third kappa shape index (κ3) is 2.46. The SMILES string of the molecule is O=c1n(CCCCNC2CC2)nc2ccccn12. The number of unbranched alkanes of at least 4 members (excludes halogenated alkanes) is 1. The molecule has 0 atom stereocenters. The summed E-state index contributed by atoms with van der Waals surface area (Å²) in [5.74, 6) is 0. The van der Waals surface area contributed by atoms with E-state index in [0.717, 1.165) is 31.1 Å². The first kappa shape index (κ1) is 11.5. The highest BCUT2D eigenvalue weighted by molar-refractivity contribution is 5.35. The Morgan fingerprint density at radius 2 is 2.22 bits per heavy atom. The van der Waals surface area contributed by atoms with Crippen molar-refractivity contribution in [2.24, 2.45) is 0 Å². The van der Waals surface area contributed by atoms with Crippen molar-refractivity contribution in [3.8, 4) is 0 Å². The number of aryl methyl sites for hydroxylation is 1. The second-order valence-electron chi connectivity index (χ2n) is 4.87. The van der Waals surface area contributed by atoms with Gasteiger partial charge >= 0.3 is 5.69 Å². The molecule has 0 spiro atoms. The number of fused-ring (bicyclic) bond motifs is 1. The molecule has 3 rings (SSSR count). The third-order valence-corrected chi connectivity index (χ3v) is 3.30. The second-order valence-corrected chi connectivity index (χ2v) is 4.87. The van der Waals surface area contributed by atoms with Crippen LogP contribution in [-0.4, -0.2) is 26.8 Å². The second kappa shape index (κ2) is 4.94. The summed E-state index contributed by atoms with van der Waals surface area (Å²) in [5.41, 5.74) is 0.680. The van der Waals surface area contributed by atoms with Crippen LogP contribution in [0.4, 0.5) is 0 Å². The molecule has 5 heteroatoms. The Kier molecular flexibility index (Phi) is 3.15. The molecule has 0 unspecified atom stereocenters. The fourth-order valence-corrected chi connectivity index (χ4v) is 2.09. The van der Waals surface area contributed by atoms with E-state index in [2.05, 4.69) is 10.4 Å². The smallest absolute Gasteiger partial charge is 0.314 e. The minimum Gasteiger partial charge on any atom is -0.314 e. The van der Waals surface area contributed by atoms with Crippen LogP contribution >= 0.6 is 0 Å². The van der Waals surface area contributed by atoms with Crippen LogP contribution in [0.5, 0.6) is 0 Å². The van der Waals surface area contributed by atoms with Gasteiger partial charge in [0.1, 0.15) is 0 Å². The first-order chi connectivity index (χ1) is 8.84. The van der Waals surface area contributed by atoms with E-state index < -0.39 is 0 Å². The van der Waals surface area contributed by atoms with E-state index in [4.69, 9.17) is 0 Å². The number of hydrogen-bond acceptors (Lipinski definition) is 3. The van der Waals surface area contributed by atoms with E-state index in [1.54, 1.807) is 15.3 Å². The van der Waals surface area contributed by atoms with Gasteiger partial charge in [0, 0.05) is 18.8 Å². The number of rotatable bonds is 6. The molecule has 0 amide bonds. The summed E-state index contributed by atoms with van der Waals surface area (Å²) in [7, 11) is 0. The molecule has 0 aliphatic heterocycles. The van der Waals surface area contributed by atoms with Crippen molar-refractivity contribution in [2.45, 2.75) is 38.3 Å². The molecule has 5 nitrogen and oxygen atoms in total. The summed E-state index contributed by atoms with van der Waals surface area (Å²) < 4.78 is 3.15. The Balaban J connectivity index is 1.56. The van der Waals surface area contributed by atoms with Crippen LogP contribution in [0.2, 0.25) is 0 Å². The van der Waals surface area contributed by atoms with Gasteiger partial charge in [-0.2, -0.15) is 0 Å². The lowest BCUT2D eigenvalue weighted by Gasteiger charge is -2.01. The minimum absolute atomic E-state index is 0.0410. The Morgan fingerprint density at radius 1 is 1.33 bits per heavy atom. The van der Waals surface area contributed by atoms with Gasteiger partial charge in [-0.3, -0.25) is 4.40 Å².